The first kappa shape index (κ1) is 25.0. The van der Waals surface area contributed by atoms with E-state index in [4.69, 9.17) is 0 Å². The molecule has 0 heterocycles. The summed E-state index contributed by atoms with van der Waals surface area (Å²) < 4.78 is 74.5. The van der Waals surface area contributed by atoms with Crippen LogP contribution in [0.1, 0.15) is 15.9 Å². The molecule has 0 radical (unpaired) electrons. The summed E-state index contributed by atoms with van der Waals surface area (Å²) in [6.45, 7) is -1.50. The number of nitro benzene ring substituents is 1. The maximum Gasteiger partial charge on any atom is 0.416 e. The minimum absolute atomic E-state index is 0.0815. The van der Waals surface area contributed by atoms with Gasteiger partial charge >= 0.3 is 12.4 Å². The second kappa shape index (κ2) is 9.89. The van der Waals surface area contributed by atoms with Crippen molar-refractivity contribution in [1.82, 2.24) is 5.32 Å². The summed E-state index contributed by atoms with van der Waals surface area (Å²) in [6, 6.07) is 6.80. The monoisotopic (exact) mass is 481 g/mol. The van der Waals surface area contributed by atoms with E-state index in [1.807, 2.05) is 0 Å². The third-order valence-electron chi connectivity index (χ3n) is 3.72. The lowest BCUT2D eigenvalue weighted by Crippen LogP contribution is -2.33. The van der Waals surface area contributed by atoms with Crippen LogP contribution in [0.15, 0.2) is 47.4 Å². The molecule has 2 rings (SSSR count). The average Bonchev–Trinajstić information content (AvgIpc) is 2.69. The quantitative estimate of drug-likeness (QED) is 0.260. The zero-order chi connectivity index (χ0) is 24.1. The molecule has 0 aliphatic rings. The number of hydrogen-bond donors (Lipinski definition) is 2. The predicted molar refractivity (Wildman–Crippen MR) is 102 cm³/mol. The van der Waals surface area contributed by atoms with Gasteiger partial charge in [-0.15, -0.1) is 11.8 Å². The Labute approximate surface area is 180 Å². The number of anilines is 1. The Morgan fingerprint density at radius 2 is 1.62 bits per heavy atom. The summed E-state index contributed by atoms with van der Waals surface area (Å²) in [4.78, 5) is 33.6. The molecule has 32 heavy (non-hydrogen) atoms. The number of thioether (sulfide) groups is 1. The molecule has 0 aliphatic heterocycles. The third kappa shape index (κ3) is 7.44. The number of alkyl halides is 6. The van der Waals surface area contributed by atoms with Gasteiger partial charge in [0.1, 0.15) is 6.54 Å². The van der Waals surface area contributed by atoms with Gasteiger partial charge in [-0.2, -0.15) is 26.3 Å². The Morgan fingerprint density at radius 1 is 1.00 bits per heavy atom. The maximum absolute atomic E-state index is 12.7. The Bertz CT molecular complexity index is 1010. The van der Waals surface area contributed by atoms with Crippen molar-refractivity contribution in [1.29, 1.82) is 0 Å². The minimum Gasteiger partial charge on any atom is -0.343 e. The Hall–Kier alpha value is -3.29. The van der Waals surface area contributed by atoms with Crippen LogP contribution in [-0.4, -0.2) is 35.2 Å². The molecule has 0 aromatic heterocycles. The van der Waals surface area contributed by atoms with Gasteiger partial charge in [-0.1, -0.05) is 0 Å². The van der Waals surface area contributed by atoms with E-state index in [9.17, 15) is 46.0 Å². The van der Waals surface area contributed by atoms with E-state index in [0.29, 0.717) is 23.9 Å². The van der Waals surface area contributed by atoms with Gasteiger partial charge in [0.05, 0.1) is 21.1 Å². The zero-order valence-corrected chi connectivity index (χ0v) is 16.5. The number of hydrogen-bond acceptors (Lipinski definition) is 5. The Kier molecular flexibility index (Phi) is 7.72. The molecule has 0 aliphatic carbocycles. The van der Waals surface area contributed by atoms with Gasteiger partial charge < -0.3 is 10.6 Å². The summed E-state index contributed by atoms with van der Waals surface area (Å²) in [7, 11) is 0. The molecular formula is C18H13F6N3O4S. The van der Waals surface area contributed by atoms with Crippen molar-refractivity contribution in [3.8, 4) is 0 Å². The molecule has 14 heteroatoms. The van der Waals surface area contributed by atoms with Gasteiger partial charge in [0.15, 0.2) is 0 Å². The van der Waals surface area contributed by atoms with E-state index in [2.05, 4.69) is 5.32 Å². The highest BCUT2D eigenvalue weighted by Gasteiger charge is 2.33. The summed E-state index contributed by atoms with van der Waals surface area (Å²) in [5.41, 5.74) is -1.89. The summed E-state index contributed by atoms with van der Waals surface area (Å²) in [5.74, 6) is -2.00. The summed E-state index contributed by atoms with van der Waals surface area (Å²) in [6.07, 6.45) is -9.33. The third-order valence-corrected chi connectivity index (χ3v) is 4.78. The Balaban J connectivity index is 1.97. The number of rotatable bonds is 7. The average molecular weight is 481 g/mol. The number of carbonyl (C=O) groups is 2. The fourth-order valence-electron chi connectivity index (χ4n) is 2.29. The first-order chi connectivity index (χ1) is 14.8. The van der Waals surface area contributed by atoms with Crippen molar-refractivity contribution < 1.29 is 40.9 Å². The van der Waals surface area contributed by atoms with Gasteiger partial charge in [0.25, 0.3) is 11.6 Å². The number of nitrogens with zero attached hydrogens (tertiary/aromatic N) is 1. The smallest absolute Gasteiger partial charge is 0.343 e. The van der Waals surface area contributed by atoms with Crippen LogP contribution >= 0.6 is 11.8 Å². The van der Waals surface area contributed by atoms with E-state index in [-0.39, 0.29) is 21.9 Å². The highest BCUT2D eigenvalue weighted by Crippen LogP contribution is 2.36. The SMILES string of the molecule is O=C(CSc1ccc(C(F)(F)F)cc1[N+](=O)[O-])Nc1ccc(C(=O)NCC(F)(F)F)cc1. The fraction of sp³-hybridized carbons (Fsp3) is 0.222. The first-order valence-electron chi connectivity index (χ1n) is 8.49. The van der Waals surface area contributed by atoms with Crippen molar-refractivity contribution >= 4 is 35.0 Å². The molecule has 2 N–H and O–H groups in total. The number of carbonyl (C=O) groups excluding carboxylic acids is 2. The van der Waals surface area contributed by atoms with Crippen molar-refractivity contribution in [2.45, 2.75) is 17.2 Å². The fourth-order valence-corrected chi connectivity index (χ4v) is 3.09. The van der Waals surface area contributed by atoms with Gasteiger partial charge in [0.2, 0.25) is 5.91 Å². The summed E-state index contributed by atoms with van der Waals surface area (Å²) >= 11 is 0.647. The largest absolute Gasteiger partial charge is 0.416 e. The van der Waals surface area contributed by atoms with E-state index < -0.39 is 46.9 Å². The lowest BCUT2D eigenvalue weighted by molar-refractivity contribution is -0.388. The number of halogens is 6. The minimum atomic E-state index is -4.76. The van der Waals surface area contributed by atoms with Crippen LogP contribution in [0.4, 0.5) is 37.7 Å². The van der Waals surface area contributed by atoms with Gasteiger partial charge in [-0.25, -0.2) is 0 Å². The van der Waals surface area contributed by atoms with Crippen molar-refractivity contribution in [3.63, 3.8) is 0 Å². The van der Waals surface area contributed by atoms with Crippen LogP contribution < -0.4 is 10.6 Å². The normalized spacial score (nSPS) is 11.7. The van der Waals surface area contributed by atoms with Crippen LogP contribution in [0.2, 0.25) is 0 Å². The van der Waals surface area contributed by atoms with Crippen LogP contribution in [0.25, 0.3) is 0 Å². The molecule has 7 nitrogen and oxygen atoms in total. The van der Waals surface area contributed by atoms with Gasteiger partial charge in [0, 0.05) is 17.3 Å². The zero-order valence-electron chi connectivity index (χ0n) is 15.7. The second-order valence-corrected chi connectivity index (χ2v) is 7.17. The topological polar surface area (TPSA) is 101 Å². The molecule has 2 aromatic carbocycles. The highest BCUT2D eigenvalue weighted by atomic mass is 32.2. The van der Waals surface area contributed by atoms with Crippen LogP contribution in [-0.2, 0) is 11.0 Å². The number of nitro groups is 1. The van der Waals surface area contributed by atoms with E-state index in [1.165, 1.54) is 24.3 Å². The lowest BCUT2D eigenvalue weighted by Gasteiger charge is -2.10. The Morgan fingerprint density at radius 3 is 2.16 bits per heavy atom. The lowest BCUT2D eigenvalue weighted by atomic mass is 10.2. The maximum atomic E-state index is 12.7. The molecule has 172 valence electrons. The van der Waals surface area contributed by atoms with E-state index in [0.717, 1.165) is 6.07 Å². The molecule has 0 unspecified atom stereocenters. The van der Waals surface area contributed by atoms with Crippen LogP contribution in [0, 0.1) is 10.1 Å². The summed E-state index contributed by atoms with van der Waals surface area (Å²) in [5, 5.41) is 15.1. The molecule has 0 fully saturated rings. The van der Waals surface area contributed by atoms with Crippen LogP contribution in [0.5, 0.6) is 0 Å². The van der Waals surface area contributed by atoms with Crippen molar-refractivity contribution in [3.05, 3.63) is 63.7 Å². The molecule has 2 amide bonds. The number of nitrogens with one attached hydrogen (secondary N) is 2. The molecule has 0 bridgehead atoms. The highest BCUT2D eigenvalue weighted by molar-refractivity contribution is 8.00. The molecule has 2 aromatic rings. The molecule has 0 saturated heterocycles. The number of amides is 2. The molecule has 0 spiro atoms. The standard InChI is InChI=1S/C18H13F6N3O4S/c19-17(20,21)9-25-16(29)10-1-4-12(5-2-10)26-15(28)8-32-14-6-3-11(18(22,23)24)7-13(14)27(30)31/h1-7H,8-9H2,(H,25,29)(H,26,28). The molecule has 0 saturated carbocycles. The van der Waals surface area contributed by atoms with E-state index >= 15 is 0 Å². The molecular weight excluding hydrogens is 468 g/mol. The van der Waals surface area contributed by atoms with Crippen molar-refractivity contribution in [2.75, 3.05) is 17.6 Å². The van der Waals surface area contributed by atoms with Crippen molar-refractivity contribution in [2.24, 2.45) is 0 Å². The predicted octanol–water partition coefficient (Wildman–Crippen LogP) is 4.64. The van der Waals surface area contributed by atoms with Crippen LogP contribution in [0.3, 0.4) is 0 Å². The van der Waals surface area contributed by atoms with Gasteiger partial charge in [-0.3, -0.25) is 19.7 Å². The van der Waals surface area contributed by atoms with Gasteiger partial charge in [-0.05, 0) is 36.4 Å². The second-order valence-electron chi connectivity index (χ2n) is 6.15. The number of benzene rings is 2. The molecule has 0 atom stereocenters. The van der Waals surface area contributed by atoms with E-state index in [1.54, 1.807) is 5.32 Å². The first-order valence-corrected chi connectivity index (χ1v) is 9.48.